The first-order valence-corrected chi connectivity index (χ1v) is 12.6. The second-order valence-corrected chi connectivity index (χ2v) is 10.3. The van der Waals surface area contributed by atoms with Crippen molar-refractivity contribution in [2.75, 3.05) is 0 Å². The summed E-state index contributed by atoms with van der Waals surface area (Å²) in [6.07, 6.45) is 3.90. The third-order valence-electron chi connectivity index (χ3n) is 7.16. The fourth-order valence-corrected chi connectivity index (χ4v) is 4.78. The predicted octanol–water partition coefficient (Wildman–Crippen LogP) is 8.03. The van der Waals surface area contributed by atoms with E-state index >= 15 is 0 Å². The van der Waals surface area contributed by atoms with Crippen molar-refractivity contribution in [3.63, 3.8) is 0 Å². The molecule has 1 aliphatic carbocycles. The Morgan fingerprint density at radius 1 is 0.711 bits per heavy atom. The van der Waals surface area contributed by atoms with Crippen LogP contribution < -0.4 is 0 Å². The van der Waals surface area contributed by atoms with Crippen LogP contribution in [0.3, 0.4) is 0 Å². The molecule has 0 aliphatic heterocycles. The molecule has 5 aromatic rings. The molecule has 0 N–H and O–H groups in total. The summed E-state index contributed by atoms with van der Waals surface area (Å²) in [5.74, 6) is 0. The van der Waals surface area contributed by atoms with Gasteiger partial charge < -0.3 is 9.97 Å². The van der Waals surface area contributed by atoms with Gasteiger partial charge in [0.05, 0.1) is 0 Å². The predicted molar refractivity (Wildman–Crippen MR) is 151 cm³/mol. The Kier molecular flexibility index (Phi) is 8.06. The average molecular weight is 674 g/mol. The molecule has 0 bridgehead atoms. The van der Waals surface area contributed by atoms with Crippen LogP contribution in [0.15, 0.2) is 79.1 Å². The van der Waals surface area contributed by atoms with Crippen LogP contribution in [0.5, 0.6) is 0 Å². The Morgan fingerprint density at radius 3 is 2.18 bits per heavy atom. The zero-order chi connectivity index (χ0) is 26.2. The molecule has 0 saturated heterocycles. The summed E-state index contributed by atoms with van der Waals surface area (Å²) in [5.41, 5.74) is 13.7. The quantitative estimate of drug-likeness (QED) is 0.178. The van der Waals surface area contributed by atoms with Gasteiger partial charge >= 0.3 is 0 Å². The molecule has 0 amide bonds. The van der Waals surface area contributed by atoms with Crippen LogP contribution in [-0.2, 0) is 25.5 Å². The van der Waals surface area contributed by atoms with Crippen LogP contribution in [0, 0.1) is 39.8 Å². The number of hydrogen-bond donors (Lipinski definition) is 0. The van der Waals surface area contributed by atoms with Crippen LogP contribution in [0.2, 0.25) is 0 Å². The first-order valence-electron chi connectivity index (χ1n) is 12.6. The number of fused-ring (bicyclic) bond motifs is 3. The Bertz CT molecular complexity index is 1590. The molecule has 0 atom stereocenters. The van der Waals surface area contributed by atoms with Gasteiger partial charge in [0.2, 0.25) is 0 Å². The summed E-state index contributed by atoms with van der Waals surface area (Å²) in [4.78, 5) is 13.6. The summed E-state index contributed by atoms with van der Waals surface area (Å²) in [6.45, 7) is 12.8. The minimum atomic E-state index is -0.00651. The summed E-state index contributed by atoms with van der Waals surface area (Å²) in [7, 11) is 0. The fraction of sp³-hybridized carbons (Fsp3) is 0.206. The maximum Gasteiger partial charge on any atom is 0.0207 e. The van der Waals surface area contributed by atoms with Crippen molar-refractivity contribution in [1.82, 2.24) is 15.0 Å². The molecule has 2 aromatic carbocycles. The van der Waals surface area contributed by atoms with Crippen molar-refractivity contribution in [1.29, 1.82) is 0 Å². The topological polar surface area (TPSA) is 38.7 Å². The number of nitrogens with zero attached hydrogens (tertiary/aromatic N) is 3. The van der Waals surface area contributed by atoms with Gasteiger partial charge in [0, 0.05) is 43.5 Å². The van der Waals surface area contributed by atoms with E-state index in [1.807, 2.05) is 37.5 Å². The van der Waals surface area contributed by atoms with Gasteiger partial charge in [0.15, 0.2) is 0 Å². The smallest absolute Gasteiger partial charge is 0.0207 e. The average Bonchev–Trinajstić information content (AvgIpc) is 3.13. The Hall–Kier alpha value is -3.46. The molecule has 6 rings (SSSR count). The normalized spacial score (nSPS) is 12.5. The maximum atomic E-state index is 4.63. The van der Waals surface area contributed by atoms with Gasteiger partial charge in [-0.1, -0.05) is 62.7 Å². The molecule has 1 radical (unpaired) electrons. The van der Waals surface area contributed by atoms with Crippen LogP contribution in [-0.4, -0.2) is 15.0 Å². The van der Waals surface area contributed by atoms with Crippen molar-refractivity contribution >= 4 is 0 Å². The molecule has 3 aromatic heterocycles. The van der Waals surface area contributed by atoms with Crippen molar-refractivity contribution < 1.29 is 20.1 Å². The minimum absolute atomic E-state index is 0. The Labute approximate surface area is 239 Å². The van der Waals surface area contributed by atoms with E-state index in [0.29, 0.717) is 0 Å². The van der Waals surface area contributed by atoms with Gasteiger partial charge in [-0.2, -0.15) is 12.1 Å². The number of hydrogen-bond acceptors (Lipinski definition) is 3. The Balaban J connectivity index is 0.000000185. The number of aryl methyl sites for hydroxylation is 4. The minimum Gasteiger partial charge on any atom is -0.317 e. The molecule has 1 aliphatic rings. The van der Waals surface area contributed by atoms with E-state index in [9.17, 15) is 0 Å². The molecule has 0 spiro atoms. The molecule has 3 heterocycles. The molecular weight excluding hydrogens is 643 g/mol. The van der Waals surface area contributed by atoms with Gasteiger partial charge in [-0.25, -0.2) is 0 Å². The molecule has 38 heavy (non-hydrogen) atoms. The number of pyridine rings is 3. The monoisotopic (exact) mass is 674 g/mol. The van der Waals surface area contributed by atoms with E-state index in [4.69, 9.17) is 0 Å². The number of rotatable bonds is 2. The number of aromatic nitrogens is 3. The first-order chi connectivity index (χ1) is 17.7. The van der Waals surface area contributed by atoms with Gasteiger partial charge in [0.1, 0.15) is 0 Å². The Morgan fingerprint density at radius 2 is 1.47 bits per heavy atom. The summed E-state index contributed by atoms with van der Waals surface area (Å²) >= 11 is 0. The summed E-state index contributed by atoms with van der Waals surface area (Å²) in [5, 5.41) is 0. The fourth-order valence-electron chi connectivity index (χ4n) is 4.78. The van der Waals surface area contributed by atoms with Gasteiger partial charge in [-0.3, -0.25) is 4.98 Å². The van der Waals surface area contributed by atoms with E-state index in [2.05, 4.69) is 110 Å². The third-order valence-corrected chi connectivity index (χ3v) is 7.16. The first kappa shape index (κ1) is 27.6. The van der Waals surface area contributed by atoms with Crippen molar-refractivity contribution in [2.45, 2.75) is 47.0 Å². The van der Waals surface area contributed by atoms with Crippen molar-refractivity contribution in [2.24, 2.45) is 0 Å². The van der Waals surface area contributed by atoms with Crippen LogP contribution >= 0.6 is 0 Å². The largest absolute Gasteiger partial charge is 0.317 e. The molecule has 4 heteroatoms. The second-order valence-electron chi connectivity index (χ2n) is 10.3. The van der Waals surface area contributed by atoms with Gasteiger partial charge in [0.25, 0.3) is 0 Å². The summed E-state index contributed by atoms with van der Waals surface area (Å²) in [6, 6.07) is 29.3. The van der Waals surface area contributed by atoms with Gasteiger partial charge in [-0.15, -0.1) is 41.5 Å². The molecule has 3 nitrogen and oxygen atoms in total. The molecule has 0 saturated carbocycles. The standard InChI is InChI=1S/C20H17N2.C14H14N.Ir/c1-13-7-6-10-18(22-13)19-11-17-15(12-21-19)14-8-4-5-9-16(14)20(17,2)3;1-10-4-6-13(7-5-10)14-8-11(2)12(3)9-15-14;/h4-9,11-12H,1-3H3;4-6,8-9H,1-3H3;/q2*-1;. The van der Waals surface area contributed by atoms with E-state index in [1.54, 1.807) is 0 Å². The maximum absolute atomic E-state index is 4.63. The number of benzene rings is 2. The van der Waals surface area contributed by atoms with Crippen LogP contribution in [0.25, 0.3) is 33.8 Å². The van der Waals surface area contributed by atoms with E-state index in [0.717, 1.165) is 28.3 Å². The molecule has 0 fully saturated rings. The third kappa shape index (κ3) is 5.38. The SMILES string of the molecule is Cc1c[c-]c(-c2cc(C)c(C)cn2)cc1.Cc1cc[c-]c(-c2cc3c(cn2)-c2ccccc2C3(C)C)n1.[Ir]. The second kappa shape index (κ2) is 11.1. The van der Waals surface area contributed by atoms with E-state index in [1.165, 1.54) is 38.9 Å². The van der Waals surface area contributed by atoms with Gasteiger partial charge in [-0.05, 0) is 65.8 Å². The molecular formula is C34H31IrN3-2. The van der Waals surface area contributed by atoms with Crippen LogP contribution in [0.1, 0.15) is 47.4 Å². The van der Waals surface area contributed by atoms with E-state index < -0.39 is 0 Å². The van der Waals surface area contributed by atoms with Crippen molar-refractivity contribution in [3.8, 4) is 33.8 Å². The van der Waals surface area contributed by atoms with E-state index in [-0.39, 0.29) is 25.5 Å². The summed E-state index contributed by atoms with van der Waals surface area (Å²) < 4.78 is 0. The molecule has 0 unspecified atom stereocenters. The zero-order valence-electron chi connectivity index (χ0n) is 22.7. The van der Waals surface area contributed by atoms with Crippen LogP contribution in [0.4, 0.5) is 0 Å². The zero-order valence-corrected chi connectivity index (χ0v) is 25.1. The van der Waals surface area contributed by atoms with Crippen molar-refractivity contribution in [3.05, 3.63) is 125 Å². The molecule has 193 valence electrons.